The maximum absolute atomic E-state index is 12.6. The Kier molecular flexibility index (Phi) is 5.98. The van der Waals surface area contributed by atoms with Crippen LogP contribution in [0, 0.1) is 6.92 Å². The Labute approximate surface area is 179 Å². The first kappa shape index (κ1) is 20.2. The molecule has 1 aromatic heterocycles. The molecule has 0 aliphatic rings. The number of benzene rings is 3. The van der Waals surface area contributed by atoms with Crippen molar-refractivity contribution in [2.45, 2.75) is 6.92 Å². The lowest BCUT2D eigenvalue weighted by Gasteiger charge is -2.09. The summed E-state index contributed by atoms with van der Waals surface area (Å²) in [5.74, 6) is -0.314. The van der Waals surface area contributed by atoms with Crippen molar-refractivity contribution in [2.24, 2.45) is 0 Å². The third-order valence-electron chi connectivity index (χ3n) is 4.81. The van der Waals surface area contributed by atoms with E-state index in [0.29, 0.717) is 11.3 Å². The number of aryl methyl sites for hydroxylation is 1. The first-order valence-corrected chi connectivity index (χ1v) is 9.91. The molecule has 0 bridgehead atoms. The third kappa shape index (κ3) is 4.93. The zero-order valence-electron chi connectivity index (χ0n) is 17.1. The van der Waals surface area contributed by atoms with Crippen molar-refractivity contribution >= 4 is 34.0 Å². The quantitative estimate of drug-likeness (QED) is 0.312. The number of aromatic amines is 1. The van der Waals surface area contributed by atoms with Crippen molar-refractivity contribution in [1.29, 1.82) is 0 Å². The lowest BCUT2D eigenvalue weighted by molar-refractivity contribution is -0.144. The summed E-state index contributed by atoms with van der Waals surface area (Å²) in [6, 6.07) is 24.6. The van der Waals surface area contributed by atoms with Gasteiger partial charge in [0.05, 0.1) is 0 Å². The normalized spacial score (nSPS) is 10.6. The summed E-state index contributed by atoms with van der Waals surface area (Å²) in [5, 5.41) is 4.09. The summed E-state index contributed by atoms with van der Waals surface area (Å²) in [6.45, 7) is 1.23. The second-order valence-corrected chi connectivity index (χ2v) is 7.06. The summed E-state index contributed by atoms with van der Waals surface area (Å²) in [6.07, 6.45) is 0. The zero-order chi connectivity index (χ0) is 21.6. The minimum absolute atomic E-state index is 0.250. The van der Waals surface area contributed by atoms with Crippen molar-refractivity contribution in [3.63, 3.8) is 0 Å². The standard InChI is InChI=1S/C25H22N2O4/c1-17-25(21-9-5-6-10-22(21)26-17)23(28)15-31-24(29)16-30-20-13-11-19(12-14-20)27-18-7-3-2-4-8-18/h2-14,26-27H,15-16H2,1H3. The monoisotopic (exact) mass is 414 g/mol. The van der Waals surface area contributed by atoms with Gasteiger partial charge in [-0.1, -0.05) is 36.4 Å². The largest absolute Gasteiger partial charge is 0.482 e. The van der Waals surface area contributed by atoms with Crippen molar-refractivity contribution < 1.29 is 19.1 Å². The van der Waals surface area contributed by atoms with Gasteiger partial charge in [0, 0.05) is 33.5 Å². The molecule has 0 saturated heterocycles. The van der Waals surface area contributed by atoms with E-state index >= 15 is 0 Å². The number of ketones is 1. The summed E-state index contributed by atoms with van der Waals surface area (Å²) in [7, 11) is 0. The van der Waals surface area contributed by atoms with Crippen LogP contribution >= 0.6 is 0 Å². The zero-order valence-corrected chi connectivity index (χ0v) is 17.1. The number of hydrogen-bond donors (Lipinski definition) is 2. The predicted molar refractivity (Wildman–Crippen MR) is 120 cm³/mol. The van der Waals surface area contributed by atoms with Crippen molar-refractivity contribution in [3.05, 3.63) is 90.1 Å². The summed E-state index contributed by atoms with van der Waals surface area (Å²) in [5.41, 5.74) is 4.06. The van der Waals surface area contributed by atoms with Crippen LogP contribution in [0.3, 0.4) is 0 Å². The first-order chi connectivity index (χ1) is 15.1. The molecule has 31 heavy (non-hydrogen) atoms. The minimum Gasteiger partial charge on any atom is -0.482 e. The molecule has 0 spiro atoms. The number of carbonyl (C=O) groups is 2. The molecule has 2 N–H and O–H groups in total. The van der Waals surface area contributed by atoms with Gasteiger partial charge in [0.15, 0.2) is 13.2 Å². The van der Waals surface area contributed by atoms with Gasteiger partial charge < -0.3 is 19.8 Å². The molecule has 3 aromatic carbocycles. The molecule has 4 rings (SSSR count). The molecule has 6 nitrogen and oxygen atoms in total. The Hall–Kier alpha value is -4.06. The number of anilines is 2. The van der Waals surface area contributed by atoms with Gasteiger partial charge in [-0.15, -0.1) is 0 Å². The smallest absolute Gasteiger partial charge is 0.344 e. The van der Waals surface area contributed by atoms with Crippen LogP contribution in [0.25, 0.3) is 10.9 Å². The SMILES string of the molecule is Cc1[nH]c2ccccc2c1C(=O)COC(=O)COc1ccc(Nc2ccccc2)cc1. The number of aromatic nitrogens is 1. The minimum atomic E-state index is -0.600. The lowest BCUT2D eigenvalue weighted by Crippen LogP contribution is -2.19. The highest BCUT2D eigenvalue weighted by Gasteiger charge is 2.17. The molecule has 0 unspecified atom stereocenters. The molecule has 0 fully saturated rings. The van der Waals surface area contributed by atoms with E-state index in [0.717, 1.165) is 28.0 Å². The van der Waals surface area contributed by atoms with E-state index in [9.17, 15) is 9.59 Å². The average Bonchev–Trinajstić information content (AvgIpc) is 3.13. The third-order valence-corrected chi connectivity index (χ3v) is 4.81. The number of rotatable bonds is 8. The average molecular weight is 414 g/mol. The van der Waals surface area contributed by atoms with Crippen molar-refractivity contribution in [1.82, 2.24) is 4.98 Å². The molecule has 4 aromatic rings. The summed E-state index contributed by atoms with van der Waals surface area (Å²) < 4.78 is 10.6. The molecule has 1 heterocycles. The van der Waals surface area contributed by atoms with Crippen LogP contribution in [0.4, 0.5) is 11.4 Å². The number of para-hydroxylation sites is 2. The highest BCUT2D eigenvalue weighted by Crippen LogP contribution is 2.22. The molecule has 156 valence electrons. The van der Waals surface area contributed by atoms with E-state index in [1.54, 1.807) is 12.1 Å². The van der Waals surface area contributed by atoms with Gasteiger partial charge in [-0.25, -0.2) is 4.79 Å². The number of ether oxygens (including phenoxy) is 2. The molecule has 0 radical (unpaired) electrons. The summed E-state index contributed by atoms with van der Waals surface area (Å²) >= 11 is 0. The molecule has 0 saturated carbocycles. The van der Waals surface area contributed by atoms with E-state index in [1.165, 1.54) is 0 Å². The Balaban J connectivity index is 1.27. The van der Waals surface area contributed by atoms with Crippen molar-refractivity contribution in [3.8, 4) is 5.75 Å². The second-order valence-electron chi connectivity index (χ2n) is 7.06. The van der Waals surface area contributed by atoms with Gasteiger partial charge in [-0.3, -0.25) is 4.79 Å². The van der Waals surface area contributed by atoms with Gasteiger partial charge in [-0.05, 0) is 49.4 Å². The van der Waals surface area contributed by atoms with Crippen LogP contribution in [-0.4, -0.2) is 30.0 Å². The van der Waals surface area contributed by atoms with Gasteiger partial charge >= 0.3 is 5.97 Å². The molecule has 0 aliphatic carbocycles. The highest BCUT2D eigenvalue weighted by atomic mass is 16.6. The van der Waals surface area contributed by atoms with Crippen LogP contribution in [0.5, 0.6) is 5.75 Å². The number of hydrogen-bond acceptors (Lipinski definition) is 5. The summed E-state index contributed by atoms with van der Waals surface area (Å²) in [4.78, 5) is 27.8. The number of nitrogens with one attached hydrogen (secondary N) is 2. The van der Waals surface area contributed by atoms with Crippen LogP contribution in [0.2, 0.25) is 0 Å². The highest BCUT2D eigenvalue weighted by molar-refractivity contribution is 6.10. The molecule has 0 atom stereocenters. The fourth-order valence-corrected chi connectivity index (χ4v) is 3.36. The Bertz CT molecular complexity index is 1200. The number of carbonyl (C=O) groups excluding carboxylic acids is 2. The number of H-pyrrole nitrogens is 1. The van der Waals surface area contributed by atoms with Gasteiger partial charge in [0.1, 0.15) is 5.75 Å². The van der Waals surface area contributed by atoms with Gasteiger partial charge in [-0.2, -0.15) is 0 Å². The van der Waals surface area contributed by atoms with Crippen LogP contribution in [0.15, 0.2) is 78.9 Å². The van der Waals surface area contributed by atoms with E-state index in [4.69, 9.17) is 9.47 Å². The maximum Gasteiger partial charge on any atom is 0.344 e. The number of Topliss-reactive ketones (excluding diaryl/α,β-unsaturated/α-hetero) is 1. The van der Waals surface area contributed by atoms with E-state index in [-0.39, 0.29) is 19.0 Å². The van der Waals surface area contributed by atoms with E-state index < -0.39 is 5.97 Å². The van der Waals surface area contributed by atoms with E-state index in [2.05, 4.69) is 10.3 Å². The molecule has 6 heteroatoms. The molecule has 0 aliphatic heterocycles. The molecule has 0 amide bonds. The Morgan fingerprint density at radius 3 is 2.29 bits per heavy atom. The van der Waals surface area contributed by atoms with Crippen molar-refractivity contribution in [2.75, 3.05) is 18.5 Å². The fourth-order valence-electron chi connectivity index (χ4n) is 3.36. The Morgan fingerprint density at radius 2 is 1.52 bits per heavy atom. The topological polar surface area (TPSA) is 80.4 Å². The van der Waals surface area contributed by atoms with E-state index in [1.807, 2.05) is 73.7 Å². The predicted octanol–water partition coefficient (Wildman–Crippen LogP) is 5.02. The molecular formula is C25H22N2O4. The van der Waals surface area contributed by atoms with Gasteiger partial charge in [0.25, 0.3) is 0 Å². The molecular weight excluding hydrogens is 392 g/mol. The number of esters is 1. The maximum atomic E-state index is 12.6. The lowest BCUT2D eigenvalue weighted by atomic mass is 10.1. The Morgan fingerprint density at radius 1 is 0.839 bits per heavy atom. The van der Waals surface area contributed by atoms with Crippen LogP contribution < -0.4 is 10.1 Å². The number of fused-ring (bicyclic) bond motifs is 1. The van der Waals surface area contributed by atoms with Crippen LogP contribution in [-0.2, 0) is 9.53 Å². The first-order valence-electron chi connectivity index (χ1n) is 9.91. The van der Waals surface area contributed by atoms with Gasteiger partial charge in [0.2, 0.25) is 5.78 Å². The fraction of sp³-hybridized carbons (Fsp3) is 0.120. The van der Waals surface area contributed by atoms with Crippen LogP contribution in [0.1, 0.15) is 16.1 Å². The second kappa shape index (κ2) is 9.17.